The predicted molar refractivity (Wildman–Crippen MR) is 108 cm³/mol. The molecule has 1 aliphatic heterocycles. The number of hydrogen-bond acceptors (Lipinski definition) is 6. The monoisotopic (exact) mass is 409 g/mol. The summed E-state index contributed by atoms with van der Waals surface area (Å²) >= 11 is 0. The standard InChI is InChI=1S/C22H23N3O5/c1-28-17-7-2-5-15(11-17)20-12-19(24-30-20)22(27)25-9-3-6-16(14-25)21(26)23-13-18-8-4-10-29-18/h2,4-5,7-8,10-12,16H,3,6,9,13-14H2,1H3,(H,23,26). The number of hydrogen-bond donors (Lipinski definition) is 1. The van der Waals surface area contributed by atoms with Crippen LogP contribution in [-0.2, 0) is 11.3 Å². The fourth-order valence-electron chi connectivity index (χ4n) is 3.56. The van der Waals surface area contributed by atoms with Gasteiger partial charge in [0.05, 0.1) is 25.8 Å². The van der Waals surface area contributed by atoms with Crippen molar-refractivity contribution in [2.45, 2.75) is 19.4 Å². The molecule has 1 aromatic carbocycles. The number of nitrogens with one attached hydrogen (secondary N) is 1. The molecule has 4 rings (SSSR count). The molecule has 1 unspecified atom stereocenters. The van der Waals surface area contributed by atoms with Crippen molar-refractivity contribution in [3.8, 4) is 17.1 Å². The number of nitrogens with zero attached hydrogens (tertiary/aromatic N) is 2. The van der Waals surface area contributed by atoms with Gasteiger partial charge in [-0.25, -0.2) is 0 Å². The van der Waals surface area contributed by atoms with Crippen LogP contribution in [0.15, 0.2) is 57.7 Å². The van der Waals surface area contributed by atoms with Crippen LogP contribution in [0.3, 0.4) is 0 Å². The number of aromatic nitrogens is 1. The highest BCUT2D eigenvalue weighted by Crippen LogP contribution is 2.26. The maximum atomic E-state index is 12.9. The number of carbonyl (C=O) groups excluding carboxylic acids is 2. The van der Waals surface area contributed by atoms with Gasteiger partial charge < -0.3 is 23.9 Å². The van der Waals surface area contributed by atoms with Crippen molar-refractivity contribution in [3.63, 3.8) is 0 Å². The molecule has 1 saturated heterocycles. The zero-order valence-electron chi connectivity index (χ0n) is 16.7. The first-order valence-electron chi connectivity index (χ1n) is 9.84. The van der Waals surface area contributed by atoms with E-state index in [4.69, 9.17) is 13.7 Å². The first-order chi connectivity index (χ1) is 14.6. The van der Waals surface area contributed by atoms with Gasteiger partial charge in [-0.1, -0.05) is 17.3 Å². The Balaban J connectivity index is 1.39. The van der Waals surface area contributed by atoms with Gasteiger partial charge in [0.2, 0.25) is 5.91 Å². The summed E-state index contributed by atoms with van der Waals surface area (Å²) in [7, 11) is 1.59. The van der Waals surface area contributed by atoms with Crippen molar-refractivity contribution in [2.75, 3.05) is 20.2 Å². The summed E-state index contributed by atoms with van der Waals surface area (Å²) < 4.78 is 15.8. The third-order valence-electron chi connectivity index (χ3n) is 5.18. The molecule has 30 heavy (non-hydrogen) atoms. The molecule has 2 aromatic heterocycles. The minimum absolute atomic E-state index is 0.0823. The first-order valence-corrected chi connectivity index (χ1v) is 9.84. The second-order valence-electron chi connectivity index (χ2n) is 7.20. The lowest BCUT2D eigenvalue weighted by Gasteiger charge is -2.31. The fourth-order valence-corrected chi connectivity index (χ4v) is 3.56. The van der Waals surface area contributed by atoms with E-state index >= 15 is 0 Å². The summed E-state index contributed by atoms with van der Waals surface area (Å²) in [6.07, 6.45) is 3.06. The van der Waals surface area contributed by atoms with Gasteiger partial charge >= 0.3 is 0 Å². The lowest BCUT2D eigenvalue weighted by atomic mass is 9.97. The Kier molecular flexibility index (Phi) is 5.83. The molecule has 3 heterocycles. The highest BCUT2D eigenvalue weighted by atomic mass is 16.5. The second kappa shape index (κ2) is 8.86. The smallest absolute Gasteiger partial charge is 0.276 e. The molecule has 0 bridgehead atoms. The van der Waals surface area contributed by atoms with Gasteiger partial charge in [-0.15, -0.1) is 0 Å². The molecule has 8 nitrogen and oxygen atoms in total. The normalized spacial score (nSPS) is 16.3. The van der Waals surface area contributed by atoms with Crippen molar-refractivity contribution < 1.29 is 23.3 Å². The van der Waals surface area contributed by atoms with E-state index in [2.05, 4.69) is 10.5 Å². The van der Waals surface area contributed by atoms with Crippen LogP contribution >= 0.6 is 0 Å². The predicted octanol–water partition coefficient (Wildman–Crippen LogP) is 3.11. The fraction of sp³-hybridized carbons (Fsp3) is 0.318. The Labute approximate surface area is 173 Å². The zero-order valence-corrected chi connectivity index (χ0v) is 16.7. The van der Waals surface area contributed by atoms with Crippen molar-refractivity contribution in [1.82, 2.24) is 15.4 Å². The van der Waals surface area contributed by atoms with E-state index in [-0.39, 0.29) is 23.4 Å². The quantitative estimate of drug-likeness (QED) is 0.672. The minimum atomic E-state index is -0.262. The van der Waals surface area contributed by atoms with E-state index in [0.717, 1.165) is 18.4 Å². The molecule has 3 aromatic rings. The third kappa shape index (κ3) is 4.37. The van der Waals surface area contributed by atoms with Crippen LogP contribution in [-0.4, -0.2) is 42.1 Å². The average Bonchev–Trinajstić information content (AvgIpc) is 3.49. The Hall–Kier alpha value is -3.55. The van der Waals surface area contributed by atoms with Gasteiger partial charge in [0.1, 0.15) is 11.5 Å². The summed E-state index contributed by atoms with van der Waals surface area (Å²) in [5.41, 5.74) is 0.999. The molecule has 0 spiro atoms. The van der Waals surface area contributed by atoms with Gasteiger partial charge in [-0.2, -0.15) is 0 Å². The maximum Gasteiger partial charge on any atom is 0.276 e. The number of ether oxygens (including phenoxy) is 1. The molecule has 0 radical (unpaired) electrons. The van der Waals surface area contributed by atoms with Gasteiger partial charge in [0.25, 0.3) is 5.91 Å². The van der Waals surface area contributed by atoms with Crippen LogP contribution in [0.5, 0.6) is 5.75 Å². The first kappa shape index (κ1) is 19.8. The Bertz CT molecular complexity index is 1010. The highest BCUT2D eigenvalue weighted by Gasteiger charge is 2.30. The molecule has 1 fully saturated rings. The molecule has 0 saturated carbocycles. The van der Waals surface area contributed by atoms with E-state index < -0.39 is 0 Å². The van der Waals surface area contributed by atoms with Gasteiger partial charge in [0, 0.05) is 24.7 Å². The maximum absolute atomic E-state index is 12.9. The van der Waals surface area contributed by atoms with Crippen LogP contribution < -0.4 is 10.1 Å². The van der Waals surface area contributed by atoms with Crippen molar-refractivity contribution in [2.24, 2.45) is 5.92 Å². The number of benzene rings is 1. The number of carbonyl (C=O) groups is 2. The summed E-state index contributed by atoms with van der Waals surface area (Å²) in [5.74, 6) is 1.29. The molecule has 8 heteroatoms. The highest BCUT2D eigenvalue weighted by molar-refractivity contribution is 5.93. The molecule has 2 amide bonds. The van der Waals surface area contributed by atoms with E-state index in [0.29, 0.717) is 36.9 Å². The van der Waals surface area contributed by atoms with Crippen LogP contribution in [0.1, 0.15) is 29.1 Å². The van der Waals surface area contributed by atoms with Crippen LogP contribution in [0.4, 0.5) is 0 Å². The lowest BCUT2D eigenvalue weighted by molar-refractivity contribution is -0.126. The number of furan rings is 1. The zero-order chi connectivity index (χ0) is 20.9. The molecule has 1 N–H and O–H groups in total. The third-order valence-corrected chi connectivity index (χ3v) is 5.18. The topological polar surface area (TPSA) is 97.8 Å². The second-order valence-corrected chi connectivity index (χ2v) is 7.20. The molecule has 0 aliphatic carbocycles. The molecular weight excluding hydrogens is 386 g/mol. The van der Waals surface area contributed by atoms with Gasteiger partial charge in [-0.3, -0.25) is 9.59 Å². The van der Waals surface area contributed by atoms with Crippen molar-refractivity contribution >= 4 is 11.8 Å². The molecule has 156 valence electrons. The summed E-state index contributed by atoms with van der Waals surface area (Å²) in [5, 5.41) is 6.82. The Morgan fingerprint density at radius 2 is 2.17 bits per heavy atom. The number of methoxy groups -OCH3 is 1. The number of rotatable bonds is 6. The van der Waals surface area contributed by atoms with Crippen LogP contribution in [0, 0.1) is 5.92 Å². The number of piperidine rings is 1. The van der Waals surface area contributed by atoms with E-state index in [1.165, 1.54) is 0 Å². The average molecular weight is 409 g/mol. The summed E-state index contributed by atoms with van der Waals surface area (Å²) in [6, 6.07) is 12.6. The summed E-state index contributed by atoms with van der Waals surface area (Å²) in [6.45, 7) is 1.27. The lowest BCUT2D eigenvalue weighted by Crippen LogP contribution is -2.45. The van der Waals surface area contributed by atoms with E-state index in [9.17, 15) is 9.59 Å². The Morgan fingerprint density at radius 3 is 2.97 bits per heavy atom. The largest absolute Gasteiger partial charge is 0.497 e. The summed E-state index contributed by atoms with van der Waals surface area (Å²) in [4.78, 5) is 27.1. The van der Waals surface area contributed by atoms with E-state index in [1.54, 1.807) is 30.4 Å². The minimum Gasteiger partial charge on any atom is -0.497 e. The van der Waals surface area contributed by atoms with Gasteiger partial charge in [-0.05, 0) is 37.1 Å². The Morgan fingerprint density at radius 1 is 1.27 bits per heavy atom. The molecule has 1 atom stereocenters. The van der Waals surface area contributed by atoms with Crippen LogP contribution in [0.2, 0.25) is 0 Å². The van der Waals surface area contributed by atoms with Gasteiger partial charge in [0.15, 0.2) is 11.5 Å². The van der Waals surface area contributed by atoms with Crippen molar-refractivity contribution in [1.29, 1.82) is 0 Å². The van der Waals surface area contributed by atoms with Crippen LogP contribution in [0.25, 0.3) is 11.3 Å². The number of amides is 2. The number of likely N-dealkylation sites (tertiary alicyclic amines) is 1. The molecular formula is C22H23N3O5. The molecule has 1 aliphatic rings. The van der Waals surface area contributed by atoms with E-state index in [1.807, 2.05) is 30.3 Å². The SMILES string of the molecule is COc1cccc(-c2cc(C(=O)N3CCCC(C(=O)NCc4ccco4)C3)no2)c1. The van der Waals surface area contributed by atoms with Crippen molar-refractivity contribution in [3.05, 3.63) is 60.2 Å².